The van der Waals surface area contributed by atoms with E-state index in [0.29, 0.717) is 11.4 Å². The Balaban J connectivity index is 2.17. The number of carbonyl (C=O) groups excluding carboxylic acids is 3. The van der Waals surface area contributed by atoms with Crippen molar-refractivity contribution in [1.82, 2.24) is 4.31 Å². The Hall–Kier alpha value is -3.18. The van der Waals surface area contributed by atoms with Crippen LogP contribution in [-0.2, 0) is 31.0 Å². The molecule has 1 aromatic carbocycles. The van der Waals surface area contributed by atoms with E-state index in [1.807, 2.05) is 0 Å². The Morgan fingerprint density at radius 3 is 2.03 bits per heavy atom. The van der Waals surface area contributed by atoms with Crippen molar-refractivity contribution >= 4 is 39.2 Å². The number of amides is 2. The highest BCUT2D eigenvalue weighted by molar-refractivity contribution is 7.88. The van der Waals surface area contributed by atoms with Crippen molar-refractivity contribution in [2.24, 2.45) is 0 Å². The van der Waals surface area contributed by atoms with Gasteiger partial charge in [-0.2, -0.15) is 0 Å². The summed E-state index contributed by atoms with van der Waals surface area (Å²) in [5, 5.41) is 4.79. The van der Waals surface area contributed by atoms with E-state index in [0.717, 1.165) is 4.31 Å². The molecule has 0 spiro atoms. The lowest BCUT2D eigenvalue weighted by Gasteiger charge is -2.10. The highest BCUT2D eigenvalue weighted by atomic mass is 32.2. The summed E-state index contributed by atoms with van der Waals surface area (Å²) in [6, 6.07) is 6.92. The fraction of sp³-hybridized carbons (Fsp3) is 0.278. The van der Waals surface area contributed by atoms with Crippen LogP contribution in [0.15, 0.2) is 39.8 Å². The minimum atomic E-state index is -3.74. The molecule has 10 nitrogen and oxygen atoms in total. The molecule has 0 saturated heterocycles. The van der Waals surface area contributed by atoms with Gasteiger partial charge in [-0.1, -0.05) is 0 Å². The number of hydrogen-bond donors (Lipinski definition) is 2. The maximum Gasteiger partial charge on any atom is 0.338 e. The molecule has 0 radical (unpaired) electrons. The Morgan fingerprint density at radius 2 is 1.55 bits per heavy atom. The van der Waals surface area contributed by atoms with E-state index in [4.69, 9.17) is 9.15 Å². The van der Waals surface area contributed by atoms with Crippen molar-refractivity contribution in [3.63, 3.8) is 0 Å². The number of ether oxygens (including phenoxy) is 1. The summed E-state index contributed by atoms with van der Waals surface area (Å²) in [4.78, 5) is 35.0. The van der Waals surface area contributed by atoms with Gasteiger partial charge in [0.05, 0.1) is 5.56 Å². The van der Waals surface area contributed by atoms with Gasteiger partial charge in [-0.05, 0) is 30.3 Å². The lowest BCUT2D eigenvalue weighted by Crippen LogP contribution is -2.21. The van der Waals surface area contributed by atoms with Gasteiger partial charge in [0.25, 0.3) is 10.0 Å². The van der Waals surface area contributed by atoms with Crippen molar-refractivity contribution in [1.29, 1.82) is 0 Å². The Morgan fingerprint density at radius 1 is 1.00 bits per heavy atom. The first-order chi connectivity index (χ1) is 13.5. The Labute approximate surface area is 167 Å². The number of anilines is 2. The first-order valence-corrected chi connectivity index (χ1v) is 9.81. The van der Waals surface area contributed by atoms with Crippen LogP contribution in [0.2, 0.25) is 0 Å². The second-order valence-electron chi connectivity index (χ2n) is 6.25. The molecule has 0 bridgehead atoms. The number of sulfonamides is 1. The summed E-state index contributed by atoms with van der Waals surface area (Å²) >= 11 is 0. The molecule has 0 aliphatic carbocycles. The molecule has 0 fully saturated rings. The van der Waals surface area contributed by atoms with Gasteiger partial charge in [0.1, 0.15) is 12.4 Å². The second-order valence-corrected chi connectivity index (χ2v) is 8.33. The van der Waals surface area contributed by atoms with Crippen LogP contribution in [0.3, 0.4) is 0 Å². The molecule has 0 atom stereocenters. The first kappa shape index (κ1) is 22.1. The second kappa shape index (κ2) is 8.88. The van der Waals surface area contributed by atoms with Crippen molar-refractivity contribution < 1.29 is 32.0 Å². The van der Waals surface area contributed by atoms with Gasteiger partial charge >= 0.3 is 5.97 Å². The maximum atomic E-state index is 12.4. The number of nitrogens with zero attached hydrogens (tertiary/aromatic N) is 1. The van der Waals surface area contributed by atoms with E-state index in [1.54, 1.807) is 0 Å². The smallest absolute Gasteiger partial charge is 0.338 e. The van der Waals surface area contributed by atoms with Crippen LogP contribution in [0.5, 0.6) is 0 Å². The SMILES string of the molecule is CC(=O)Nc1cc(NC(C)=O)cc(C(=O)OCc2ccc(S(=O)(=O)N(C)C)o2)c1. The summed E-state index contributed by atoms with van der Waals surface area (Å²) in [6.07, 6.45) is 0. The fourth-order valence-corrected chi connectivity index (χ4v) is 3.08. The minimum absolute atomic E-state index is 0.0766. The quantitative estimate of drug-likeness (QED) is 0.648. The van der Waals surface area contributed by atoms with Crippen molar-refractivity contribution in [3.05, 3.63) is 41.7 Å². The van der Waals surface area contributed by atoms with E-state index < -0.39 is 16.0 Å². The van der Waals surface area contributed by atoms with E-state index >= 15 is 0 Å². The number of esters is 1. The van der Waals surface area contributed by atoms with Crippen LogP contribution in [0.4, 0.5) is 11.4 Å². The number of benzene rings is 1. The molecule has 0 aliphatic rings. The van der Waals surface area contributed by atoms with E-state index in [-0.39, 0.29) is 34.8 Å². The summed E-state index contributed by atoms with van der Waals surface area (Å²) in [5.74, 6) is -1.32. The molecule has 0 aliphatic heterocycles. The highest BCUT2D eigenvalue weighted by Crippen LogP contribution is 2.21. The average Bonchev–Trinajstić information content (AvgIpc) is 3.07. The van der Waals surface area contributed by atoms with Crippen molar-refractivity contribution in [2.45, 2.75) is 25.5 Å². The average molecular weight is 423 g/mol. The van der Waals surface area contributed by atoms with Crippen LogP contribution < -0.4 is 10.6 Å². The van der Waals surface area contributed by atoms with Gasteiger partial charge in [0.15, 0.2) is 0 Å². The normalized spacial score (nSPS) is 11.2. The molecule has 2 rings (SSSR count). The Bertz CT molecular complexity index is 1010. The maximum absolute atomic E-state index is 12.4. The molecular weight excluding hydrogens is 402 g/mol. The summed E-state index contributed by atoms with van der Waals surface area (Å²) < 4.78 is 35.4. The third-order valence-corrected chi connectivity index (χ3v) is 5.22. The molecule has 1 heterocycles. The molecule has 2 N–H and O–H groups in total. The van der Waals surface area contributed by atoms with Crippen molar-refractivity contribution in [3.8, 4) is 0 Å². The molecule has 1 aromatic heterocycles. The monoisotopic (exact) mass is 423 g/mol. The number of rotatable bonds is 7. The Kier molecular flexibility index (Phi) is 6.77. The minimum Gasteiger partial charge on any atom is -0.454 e. The molecule has 0 saturated carbocycles. The molecule has 156 valence electrons. The molecule has 29 heavy (non-hydrogen) atoms. The predicted octanol–water partition coefficient (Wildman–Crippen LogP) is 1.80. The van der Waals surface area contributed by atoms with Gasteiger partial charge in [0, 0.05) is 39.3 Å². The standard InChI is InChI=1S/C18H21N3O7S/c1-11(22)19-14-7-13(8-15(9-14)20-12(2)23)18(24)27-10-16-5-6-17(28-16)29(25,26)21(3)4/h5-9H,10H2,1-4H3,(H,19,22)(H,20,23). The van der Waals surface area contributed by atoms with Crippen LogP contribution in [0.25, 0.3) is 0 Å². The number of carbonyl (C=O) groups is 3. The predicted molar refractivity (Wildman–Crippen MR) is 104 cm³/mol. The van der Waals surface area contributed by atoms with Crippen LogP contribution in [0, 0.1) is 0 Å². The molecule has 0 unspecified atom stereocenters. The highest BCUT2D eigenvalue weighted by Gasteiger charge is 2.22. The summed E-state index contributed by atoms with van der Waals surface area (Å²) in [6.45, 7) is 2.31. The summed E-state index contributed by atoms with van der Waals surface area (Å²) in [7, 11) is -1.00. The molecule has 11 heteroatoms. The largest absolute Gasteiger partial charge is 0.454 e. The zero-order chi connectivity index (χ0) is 21.8. The number of furan rings is 1. The van der Waals surface area contributed by atoms with Gasteiger partial charge in [0.2, 0.25) is 16.9 Å². The van der Waals surface area contributed by atoms with Gasteiger partial charge in [-0.25, -0.2) is 17.5 Å². The van der Waals surface area contributed by atoms with Crippen LogP contribution in [0.1, 0.15) is 30.0 Å². The lowest BCUT2D eigenvalue weighted by atomic mass is 10.1. The van der Waals surface area contributed by atoms with E-state index in [2.05, 4.69) is 10.6 Å². The van der Waals surface area contributed by atoms with Gasteiger partial charge in [-0.15, -0.1) is 0 Å². The third-order valence-electron chi connectivity index (χ3n) is 3.53. The van der Waals surface area contributed by atoms with Gasteiger partial charge < -0.3 is 19.8 Å². The summed E-state index contributed by atoms with van der Waals surface area (Å²) in [5.41, 5.74) is 0.675. The number of nitrogens with one attached hydrogen (secondary N) is 2. The van der Waals surface area contributed by atoms with Crippen LogP contribution >= 0.6 is 0 Å². The molecule has 2 amide bonds. The topological polar surface area (TPSA) is 135 Å². The van der Waals surface area contributed by atoms with Gasteiger partial charge in [-0.3, -0.25) is 9.59 Å². The van der Waals surface area contributed by atoms with E-state index in [9.17, 15) is 22.8 Å². The molecule has 2 aromatic rings. The zero-order valence-corrected chi connectivity index (χ0v) is 17.1. The van der Waals surface area contributed by atoms with E-state index in [1.165, 1.54) is 58.3 Å². The molecular formula is C18H21N3O7S. The fourth-order valence-electron chi connectivity index (χ4n) is 2.27. The van der Waals surface area contributed by atoms with Crippen molar-refractivity contribution in [2.75, 3.05) is 24.7 Å². The first-order valence-electron chi connectivity index (χ1n) is 8.37. The third kappa shape index (κ3) is 5.90. The zero-order valence-electron chi connectivity index (χ0n) is 16.3. The van der Waals surface area contributed by atoms with Crippen LogP contribution in [-0.4, -0.2) is 44.6 Å². The number of hydrogen-bond acceptors (Lipinski definition) is 7. The lowest BCUT2D eigenvalue weighted by molar-refractivity contribution is -0.115.